The molecule has 1 aromatic carbocycles. The van der Waals surface area contributed by atoms with Crippen LogP contribution in [0.25, 0.3) is 22.3 Å². The lowest BCUT2D eigenvalue weighted by Crippen LogP contribution is -1.82. The zero-order valence-electron chi connectivity index (χ0n) is 9.14. The van der Waals surface area contributed by atoms with Crippen molar-refractivity contribution in [3.63, 3.8) is 0 Å². The molecule has 0 bridgehead atoms. The van der Waals surface area contributed by atoms with Gasteiger partial charge in [0.05, 0.1) is 5.56 Å². The summed E-state index contributed by atoms with van der Waals surface area (Å²) in [6, 6.07) is 8.11. The van der Waals surface area contributed by atoms with Crippen molar-refractivity contribution in [3.8, 4) is 11.3 Å². The van der Waals surface area contributed by atoms with Crippen molar-refractivity contribution in [1.29, 1.82) is 0 Å². The first-order chi connectivity index (χ1) is 8.24. The molecule has 84 valence electrons. The largest absolute Gasteiger partial charge is 0.456 e. The Balaban J connectivity index is 2.22. The van der Waals surface area contributed by atoms with Crippen LogP contribution in [0.5, 0.6) is 0 Å². The van der Waals surface area contributed by atoms with E-state index < -0.39 is 0 Å². The molecule has 0 fully saturated rings. The first-order valence-corrected chi connectivity index (χ1v) is 5.99. The van der Waals surface area contributed by atoms with Crippen LogP contribution in [0.1, 0.15) is 5.56 Å². The number of hydrogen-bond acceptors (Lipinski definition) is 3. The van der Waals surface area contributed by atoms with Gasteiger partial charge in [0, 0.05) is 11.6 Å². The minimum atomic E-state index is 0.739. The molecule has 3 rings (SSSR count). The van der Waals surface area contributed by atoms with Gasteiger partial charge in [0.1, 0.15) is 22.3 Å². The van der Waals surface area contributed by atoms with Gasteiger partial charge in [-0.3, -0.25) is 0 Å². The van der Waals surface area contributed by atoms with Crippen molar-refractivity contribution in [3.05, 3.63) is 47.0 Å². The normalized spacial score (nSPS) is 10.9. The van der Waals surface area contributed by atoms with Gasteiger partial charge in [0.2, 0.25) is 0 Å². The molecule has 17 heavy (non-hydrogen) atoms. The maximum atomic E-state index is 5.78. The Bertz CT molecular complexity index is 691. The first kappa shape index (κ1) is 10.5. The van der Waals surface area contributed by atoms with E-state index in [9.17, 15) is 0 Å². The van der Waals surface area contributed by atoms with Crippen molar-refractivity contribution in [2.75, 3.05) is 0 Å². The molecule has 2 aromatic heterocycles. The Morgan fingerprint density at radius 2 is 2.12 bits per heavy atom. The predicted octanol–water partition coefficient (Wildman–Crippen LogP) is 3.96. The number of aromatic nitrogens is 2. The Morgan fingerprint density at radius 1 is 1.24 bits per heavy atom. The van der Waals surface area contributed by atoms with E-state index in [1.807, 2.05) is 18.2 Å². The van der Waals surface area contributed by atoms with E-state index in [1.54, 1.807) is 6.20 Å². The number of halogens is 1. The summed E-state index contributed by atoms with van der Waals surface area (Å²) in [5.74, 6) is 0.776. The van der Waals surface area contributed by atoms with E-state index in [2.05, 4.69) is 38.9 Å². The van der Waals surface area contributed by atoms with Crippen LogP contribution in [-0.2, 0) is 0 Å². The van der Waals surface area contributed by atoms with E-state index >= 15 is 0 Å². The Labute approximate surface area is 107 Å². The van der Waals surface area contributed by atoms with Crippen LogP contribution in [0.4, 0.5) is 0 Å². The molecule has 3 nitrogen and oxygen atoms in total. The zero-order valence-corrected chi connectivity index (χ0v) is 10.7. The Morgan fingerprint density at radius 3 is 2.94 bits per heavy atom. The van der Waals surface area contributed by atoms with E-state index in [4.69, 9.17) is 4.42 Å². The molecule has 0 N–H and O–H groups in total. The van der Waals surface area contributed by atoms with Crippen molar-refractivity contribution in [2.45, 2.75) is 6.92 Å². The third-order valence-corrected chi connectivity index (χ3v) is 3.23. The molecule has 0 aliphatic heterocycles. The van der Waals surface area contributed by atoms with E-state index in [-0.39, 0.29) is 0 Å². The highest BCUT2D eigenvalue weighted by molar-refractivity contribution is 9.10. The highest BCUT2D eigenvalue weighted by Crippen LogP contribution is 2.31. The molecule has 0 spiro atoms. The fourth-order valence-corrected chi connectivity index (χ4v) is 2.16. The summed E-state index contributed by atoms with van der Waals surface area (Å²) in [5, 5.41) is 1.09. The van der Waals surface area contributed by atoms with E-state index in [0.29, 0.717) is 0 Å². The lowest BCUT2D eigenvalue weighted by Gasteiger charge is -1.96. The molecule has 0 aliphatic rings. The summed E-state index contributed by atoms with van der Waals surface area (Å²) in [6.45, 7) is 2.06. The van der Waals surface area contributed by atoms with E-state index in [1.165, 1.54) is 11.9 Å². The smallest absolute Gasteiger partial charge is 0.139 e. The third kappa shape index (κ3) is 1.85. The zero-order chi connectivity index (χ0) is 11.8. The molecular weight excluding hydrogens is 280 g/mol. The number of rotatable bonds is 1. The second kappa shape index (κ2) is 3.96. The number of hydrogen-bond donors (Lipinski definition) is 0. The van der Waals surface area contributed by atoms with Gasteiger partial charge in [-0.15, -0.1) is 0 Å². The summed E-state index contributed by atoms with van der Waals surface area (Å²) in [7, 11) is 0. The highest BCUT2D eigenvalue weighted by Gasteiger charge is 2.10. The number of aryl methyl sites for hydroxylation is 1. The van der Waals surface area contributed by atoms with Crippen molar-refractivity contribution < 1.29 is 4.42 Å². The van der Waals surface area contributed by atoms with Crippen molar-refractivity contribution >= 4 is 26.9 Å². The van der Waals surface area contributed by atoms with Gasteiger partial charge in [-0.25, -0.2) is 9.97 Å². The van der Waals surface area contributed by atoms with E-state index in [0.717, 1.165) is 26.9 Å². The van der Waals surface area contributed by atoms with Gasteiger partial charge in [0.15, 0.2) is 0 Å². The molecule has 0 unspecified atom stereocenters. The number of nitrogens with zero attached hydrogens (tertiary/aromatic N) is 2. The summed E-state index contributed by atoms with van der Waals surface area (Å²) in [5.41, 5.74) is 2.95. The van der Waals surface area contributed by atoms with Crippen LogP contribution in [0.3, 0.4) is 0 Å². The Hall–Kier alpha value is -1.68. The van der Waals surface area contributed by atoms with Crippen LogP contribution in [0.2, 0.25) is 0 Å². The van der Waals surface area contributed by atoms with Gasteiger partial charge in [0.25, 0.3) is 0 Å². The molecule has 0 amide bonds. The molecule has 0 atom stereocenters. The predicted molar refractivity (Wildman–Crippen MR) is 69.7 cm³/mol. The SMILES string of the molecule is Cc1ccc2oc(-c3cncnc3Br)cc2c1. The molecule has 2 heterocycles. The maximum absolute atomic E-state index is 5.78. The number of benzene rings is 1. The van der Waals surface area contributed by atoms with Crippen LogP contribution < -0.4 is 0 Å². The minimum absolute atomic E-state index is 0.739. The number of furan rings is 1. The van der Waals surface area contributed by atoms with Crippen molar-refractivity contribution in [2.24, 2.45) is 0 Å². The minimum Gasteiger partial charge on any atom is -0.456 e. The van der Waals surface area contributed by atoms with Crippen LogP contribution in [0.15, 0.2) is 45.8 Å². The molecule has 0 saturated carbocycles. The lowest BCUT2D eigenvalue weighted by molar-refractivity contribution is 0.630. The summed E-state index contributed by atoms with van der Waals surface area (Å²) >= 11 is 3.39. The molecule has 0 aliphatic carbocycles. The molecule has 0 radical (unpaired) electrons. The fourth-order valence-electron chi connectivity index (χ4n) is 1.78. The van der Waals surface area contributed by atoms with Crippen LogP contribution in [0, 0.1) is 6.92 Å². The summed E-state index contributed by atoms with van der Waals surface area (Å²) < 4.78 is 6.52. The second-order valence-electron chi connectivity index (χ2n) is 3.88. The first-order valence-electron chi connectivity index (χ1n) is 5.20. The quantitative estimate of drug-likeness (QED) is 0.636. The third-order valence-electron chi connectivity index (χ3n) is 2.60. The molecule has 0 saturated heterocycles. The van der Waals surface area contributed by atoms with Crippen molar-refractivity contribution in [1.82, 2.24) is 9.97 Å². The van der Waals surface area contributed by atoms with Crippen LogP contribution in [-0.4, -0.2) is 9.97 Å². The fraction of sp³-hybridized carbons (Fsp3) is 0.0769. The number of fused-ring (bicyclic) bond motifs is 1. The highest BCUT2D eigenvalue weighted by atomic mass is 79.9. The topological polar surface area (TPSA) is 38.9 Å². The monoisotopic (exact) mass is 288 g/mol. The summed E-state index contributed by atoms with van der Waals surface area (Å²) in [4.78, 5) is 8.10. The average Bonchev–Trinajstić information content (AvgIpc) is 2.72. The van der Waals surface area contributed by atoms with Gasteiger partial charge in [-0.2, -0.15) is 0 Å². The summed E-state index contributed by atoms with van der Waals surface area (Å²) in [6.07, 6.45) is 3.24. The molecule has 4 heteroatoms. The van der Waals surface area contributed by atoms with Gasteiger partial charge in [-0.1, -0.05) is 11.6 Å². The maximum Gasteiger partial charge on any atom is 0.139 e. The Kier molecular flexibility index (Phi) is 2.44. The average molecular weight is 289 g/mol. The van der Waals surface area contributed by atoms with Gasteiger partial charge >= 0.3 is 0 Å². The second-order valence-corrected chi connectivity index (χ2v) is 4.63. The van der Waals surface area contributed by atoms with Gasteiger partial charge < -0.3 is 4.42 Å². The van der Waals surface area contributed by atoms with Gasteiger partial charge in [-0.05, 0) is 41.1 Å². The molecule has 3 aromatic rings. The lowest BCUT2D eigenvalue weighted by atomic mass is 10.2. The standard InChI is InChI=1S/C13H9BrN2O/c1-8-2-3-11-9(4-8)5-12(17-11)10-6-15-7-16-13(10)14/h2-7H,1H3. The molecular formula is C13H9BrN2O. The van der Waals surface area contributed by atoms with Crippen LogP contribution >= 0.6 is 15.9 Å².